The summed E-state index contributed by atoms with van der Waals surface area (Å²) < 4.78 is 6.12. The monoisotopic (exact) mass is 253 g/mol. The molecule has 0 saturated carbocycles. The van der Waals surface area contributed by atoms with Crippen molar-refractivity contribution in [2.75, 3.05) is 0 Å². The lowest BCUT2D eigenvalue weighted by atomic mass is 10.2. The Labute approximate surface area is 106 Å². The molecular formula is C13H19NO4. The molecule has 0 atom stereocenters. The minimum Gasteiger partial charge on any atom is -0.494 e. The summed E-state index contributed by atoms with van der Waals surface area (Å²) in [4.78, 5) is 11.8. The average molecular weight is 253 g/mol. The molecule has 0 aliphatic carbocycles. The number of carbonyl (C=O) groups is 1. The number of hydrogen-bond donors (Lipinski definition) is 2. The Bertz CT molecular complexity index is 481. The van der Waals surface area contributed by atoms with Gasteiger partial charge in [0.25, 0.3) is 0 Å². The Kier molecular flexibility index (Phi) is 3.46. The smallest absolute Gasteiger partial charge is 0.355 e. The molecule has 0 fully saturated rings. The van der Waals surface area contributed by atoms with Crippen molar-refractivity contribution in [2.45, 2.75) is 40.2 Å². The van der Waals surface area contributed by atoms with Crippen molar-refractivity contribution in [3.05, 3.63) is 17.7 Å². The number of rotatable bonds is 2. The normalized spacial score (nSPS) is 11.4. The highest BCUT2D eigenvalue weighted by atomic mass is 16.6. The number of hydrogen-bond acceptors (Lipinski definition) is 4. The fourth-order valence-corrected chi connectivity index (χ4v) is 1.46. The molecule has 0 bridgehead atoms. The van der Waals surface area contributed by atoms with E-state index in [9.17, 15) is 15.0 Å². The highest BCUT2D eigenvalue weighted by Crippen LogP contribution is 2.35. The maximum absolute atomic E-state index is 11.8. The van der Waals surface area contributed by atoms with Crippen molar-refractivity contribution in [3.8, 4) is 11.8 Å². The molecule has 100 valence electrons. The fourth-order valence-electron chi connectivity index (χ4n) is 1.46. The minimum atomic E-state index is -0.692. The molecule has 1 heterocycles. The van der Waals surface area contributed by atoms with E-state index in [0.717, 1.165) is 4.57 Å². The van der Waals surface area contributed by atoms with Gasteiger partial charge in [-0.3, -0.25) is 0 Å². The van der Waals surface area contributed by atoms with Gasteiger partial charge < -0.3 is 14.9 Å². The standard InChI is InChI=1S/C13H19NO4/c1-7-8(2)11(16)14(10(7)15)9(3)12(17)18-13(4,5)6/h15-16H,3H2,1-2,4-6H3. The Balaban J connectivity index is 3.13. The van der Waals surface area contributed by atoms with E-state index < -0.39 is 11.6 Å². The molecule has 0 aliphatic heterocycles. The summed E-state index contributed by atoms with van der Waals surface area (Å²) in [6.07, 6.45) is 0. The molecular weight excluding hydrogens is 234 g/mol. The zero-order valence-electron chi connectivity index (χ0n) is 11.4. The first-order valence-corrected chi connectivity index (χ1v) is 5.58. The van der Waals surface area contributed by atoms with Gasteiger partial charge in [-0.05, 0) is 34.6 Å². The molecule has 5 heteroatoms. The fraction of sp³-hybridized carbons (Fsp3) is 0.462. The van der Waals surface area contributed by atoms with Crippen molar-refractivity contribution < 1.29 is 19.7 Å². The van der Waals surface area contributed by atoms with Crippen LogP contribution in [0.15, 0.2) is 6.58 Å². The van der Waals surface area contributed by atoms with Crippen LogP contribution >= 0.6 is 0 Å². The summed E-state index contributed by atoms with van der Waals surface area (Å²) in [6.45, 7) is 12.0. The van der Waals surface area contributed by atoms with E-state index in [1.807, 2.05) is 0 Å². The predicted molar refractivity (Wildman–Crippen MR) is 68.4 cm³/mol. The second-order valence-corrected chi connectivity index (χ2v) is 5.18. The Morgan fingerprint density at radius 3 is 1.89 bits per heavy atom. The van der Waals surface area contributed by atoms with Crippen LogP contribution in [0.25, 0.3) is 5.70 Å². The first-order chi connectivity index (χ1) is 8.06. The van der Waals surface area contributed by atoms with E-state index in [2.05, 4.69) is 6.58 Å². The zero-order valence-corrected chi connectivity index (χ0v) is 11.4. The van der Waals surface area contributed by atoms with Crippen LogP contribution in [0, 0.1) is 13.8 Å². The number of carbonyl (C=O) groups excluding carboxylic acids is 1. The van der Waals surface area contributed by atoms with Gasteiger partial charge in [0.15, 0.2) is 0 Å². The lowest BCUT2D eigenvalue weighted by Crippen LogP contribution is -2.25. The Morgan fingerprint density at radius 1 is 1.17 bits per heavy atom. The van der Waals surface area contributed by atoms with Crippen LogP contribution < -0.4 is 0 Å². The second kappa shape index (κ2) is 4.40. The van der Waals surface area contributed by atoms with Gasteiger partial charge in [0.1, 0.15) is 11.3 Å². The van der Waals surface area contributed by atoms with Gasteiger partial charge in [0, 0.05) is 11.1 Å². The van der Waals surface area contributed by atoms with Crippen LogP contribution in [0.5, 0.6) is 11.8 Å². The lowest BCUT2D eigenvalue weighted by Gasteiger charge is -2.20. The first kappa shape index (κ1) is 14.2. The van der Waals surface area contributed by atoms with Crippen molar-refractivity contribution in [1.29, 1.82) is 0 Å². The van der Waals surface area contributed by atoms with Crippen LogP contribution in [0.4, 0.5) is 0 Å². The van der Waals surface area contributed by atoms with Gasteiger partial charge in [0.2, 0.25) is 11.8 Å². The van der Waals surface area contributed by atoms with Crippen molar-refractivity contribution in [1.82, 2.24) is 4.57 Å². The average Bonchev–Trinajstić information content (AvgIpc) is 2.40. The molecule has 0 radical (unpaired) electrons. The van der Waals surface area contributed by atoms with Gasteiger partial charge in [-0.2, -0.15) is 0 Å². The van der Waals surface area contributed by atoms with Crippen LogP contribution in [0.3, 0.4) is 0 Å². The highest BCUT2D eigenvalue weighted by molar-refractivity contribution is 6.10. The number of aromatic hydroxyl groups is 2. The van der Waals surface area contributed by atoms with Crippen LogP contribution in [-0.4, -0.2) is 26.4 Å². The number of nitrogens with zero attached hydrogens (tertiary/aromatic N) is 1. The quantitative estimate of drug-likeness (QED) is 0.626. The van der Waals surface area contributed by atoms with Crippen LogP contribution in [-0.2, 0) is 9.53 Å². The molecule has 1 aromatic heterocycles. The van der Waals surface area contributed by atoms with E-state index in [1.165, 1.54) is 0 Å². The third-order valence-electron chi connectivity index (χ3n) is 2.56. The summed E-state index contributed by atoms with van der Waals surface area (Å²) in [5, 5.41) is 19.7. The van der Waals surface area contributed by atoms with E-state index in [0.29, 0.717) is 11.1 Å². The number of ether oxygens (including phenoxy) is 1. The van der Waals surface area contributed by atoms with Crippen molar-refractivity contribution in [3.63, 3.8) is 0 Å². The Morgan fingerprint density at radius 2 is 1.56 bits per heavy atom. The summed E-state index contributed by atoms with van der Waals surface area (Å²) in [5.74, 6) is -1.11. The third-order valence-corrected chi connectivity index (χ3v) is 2.56. The van der Waals surface area contributed by atoms with Gasteiger partial charge in [0.05, 0.1) is 0 Å². The van der Waals surface area contributed by atoms with Crippen LogP contribution in [0.1, 0.15) is 31.9 Å². The van der Waals surface area contributed by atoms with Gasteiger partial charge in [-0.25, -0.2) is 9.36 Å². The van der Waals surface area contributed by atoms with E-state index in [-0.39, 0.29) is 17.5 Å². The molecule has 5 nitrogen and oxygen atoms in total. The summed E-state index contributed by atoms with van der Waals surface area (Å²) >= 11 is 0. The SMILES string of the molecule is C=C(C(=O)OC(C)(C)C)n1c(O)c(C)c(C)c1O. The van der Waals surface area contributed by atoms with E-state index in [1.54, 1.807) is 34.6 Å². The first-order valence-electron chi connectivity index (χ1n) is 5.58. The van der Waals surface area contributed by atoms with Crippen molar-refractivity contribution >= 4 is 11.7 Å². The van der Waals surface area contributed by atoms with E-state index in [4.69, 9.17) is 4.74 Å². The van der Waals surface area contributed by atoms with Crippen molar-refractivity contribution in [2.24, 2.45) is 0 Å². The van der Waals surface area contributed by atoms with Crippen LogP contribution in [0.2, 0.25) is 0 Å². The molecule has 0 spiro atoms. The molecule has 0 saturated heterocycles. The molecule has 0 aliphatic rings. The van der Waals surface area contributed by atoms with Gasteiger partial charge in [-0.1, -0.05) is 6.58 Å². The maximum Gasteiger partial charge on any atom is 0.355 e. The summed E-state index contributed by atoms with van der Waals surface area (Å²) in [7, 11) is 0. The maximum atomic E-state index is 11.8. The van der Waals surface area contributed by atoms with Gasteiger partial charge >= 0.3 is 5.97 Å². The zero-order chi connectivity index (χ0) is 14.2. The topological polar surface area (TPSA) is 71.7 Å². The molecule has 0 aromatic carbocycles. The second-order valence-electron chi connectivity index (χ2n) is 5.18. The summed E-state index contributed by atoms with van der Waals surface area (Å²) in [5.41, 5.74) is 0.202. The Hall–Kier alpha value is -1.91. The number of esters is 1. The molecule has 0 unspecified atom stereocenters. The van der Waals surface area contributed by atoms with Gasteiger partial charge in [-0.15, -0.1) is 0 Å². The molecule has 2 N–H and O–H groups in total. The highest BCUT2D eigenvalue weighted by Gasteiger charge is 2.25. The summed E-state index contributed by atoms with van der Waals surface area (Å²) in [6, 6.07) is 0. The third kappa shape index (κ3) is 2.50. The number of aromatic nitrogens is 1. The largest absolute Gasteiger partial charge is 0.494 e. The molecule has 0 amide bonds. The predicted octanol–water partition coefficient (Wildman–Crippen LogP) is 2.33. The lowest BCUT2D eigenvalue weighted by molar-refractivity contribution is -0.147. The molecule has 18 heavy (non-hydrogen) atoms. The van der Waals surface area contributed by atoms with E-state index >= 15 is 0 Å². The minimum absolute atomic E-state index is 0.129. The molecule has 1 rings (SSSR count). The molecule has 1 aromatic rings.